The minimum Gasteiger partial charge on any atom is -0.389 e. The summed E-state index contributed by atoms with van der Waals surface area (Å²) in [5, 5.41) is 9.47. The van der Waals surface area contributed by atoms with Crippen LogP contribution in [0.4, 0.5) is 0 Å². The van der Waals surface area contributed by atoms with Gasteiger partial charge in [0.15, 0.2) is 0 Å². The van der Waals surface area contributed by atoms with Gasteiger partial charge in [-0.25, -0.2) is 13.1 Å². The molecule has 0 saturated heterocycles. The number of sulfonamides is 1. The van der Waals surface area contributed by atoms with E-state index in [-0.39, 0.29) is 10.9 Å². The lowest BCUT2D eigenvalue weighted by molar-refractivity contribution is 0.199. The first-order valence-electron chi connectivity index (χ1n) is 7.58. The molecule has 21 heavy (non-hydrogen) atoms. The van der Waals surface area contributed by atoms with Crippen molar-refractivity contribution in [2.45, 2.75) is 57.1 Å². The molecule has 0 bridgehead atoms. The molecule has 5 heteroatoms. The molecule has 0 radical (unpaired) electrons. The number of aliphatic hydroxyl groups excluding tert-OH is 1. The SMILES string of the molecule is CC1CC(C)CC(NS(=O)(=O)c2ccc(C(C)O)cc2)C1. The van der Waals surface area contributed by atoms with Gasteiger partial charge >= 0.3 is 0 Å². The second-order valence-electron chi connectivity index (χ2n) is 6.48. The summed E-state index contributed by atoms with van der Waals surface area (Å²) < 4.78 is 27.7. The van der Waals surface area contributed by atoms with Gasteiger partial charge in [-0.3, -0.25) is 0 Å². The van der Waals surface area contributed by atoms with Crippen molar-refractivity contribution in [1.29, 1.82) is 0 Å². The molecule has 4 nitrogen and oxygen atoms in total. The zero-order chi connectivity index (χ0) is 15.6. The van der Waals surface area contributed by atoms with Crippen LogP contribution < -0.4 is 4.72 Å². The molecule has 3 unspecified atom stereocenters. The van der Waals surface area contributed by atoms with Gasteiger partial charge in [0.25, 0.3) is 0 Å². The van der Waals surface area contributed by atoms with E-state index in [0.717, 1.165) is 12.8 Å². The minimum absolute atomic E-state index is 0.0187. The molecule has 2 N–H and O–H groups in total. The van der Waals surface area contributed by atoms with Crippen molar-refractivity contribution in [3.05, 3.63) is 29.8 Å². The third-order valence-electron chi connectivity index (χ3n) is 4.17. The Labute approximate surface area is 127 Å². The first-order chi connectivity index (χ1) is 9.78. The van der Waals surface area contributed by atoms with E-state index in [0.29, 0.717) is 17.4 Å². The van der Waals surface area contributed by atoms with Gasteiger partial charge in [-0.2, -0.15) is 0 Å². The van der Waals surface area contributed by atoms with Crippen molar-refractivity contribution < 1.29 is 13.5 Å². The first kappa shape index (κ1) is 16.5. The van der Waals surface area contributed by atoms with Gasteiger partial charge in [0.2, 0.25) is 10.0 Å². The van der Waals surface area contributed by atoms with Crippen LogP contribution in [0.15, 0.2) is 29.2 Å². The minimum atomic E-state index is -3.48. The predicted molar refractivity (Wildman–Crippen MR) is 83.4 cm³/mol. The molecule has 1 aliphatic rings. The van der Waals surface area contributed by atoms with Crippen molar-refractivity contribution in [3.63, 3.8) is 0 Å². The van der Waals surface area contributed by atoms with E-state index in [1.807, 2.05) is 0 Å². The summed E-state index contributed by atoms with van der Waals surface area (Å²) in [6, 6.07) is 6.45. The van der Waals surface area contributed by atoms with Crippen LogP contribution in [0.25, 0.3) is 0 Å². The van der Waals surface area contributed by atoms with Gasteiger partial charge < -0.3 is 5.11 Å². The highest BCUT2D eigenvalue weighted by atomic mass is 32.2. The van der Waals surface area contributed by atoms with Crippen molar-refractivity contribution in [1.82, 2.24) is 4.72 Å². The van der Waals surface area contributed by atoms with Crippen LogP contribution in [0.5, 0.6) is 0 Å². The van der Waals surface area contributed by atoms with E-state index in [2.05, 4.69) is 18.6 Å². The third kappa shape index (κ3) is 4.28. The fraction of sp³-hybridized carbons (Fsp3) is 0.625. The zero-order valence-corrected chi connectivity index (χ0v) is 13.7. The fourth-order valence-corrected chi connectivity index (χ4v) is 4.52. The maximum Gasteiger partial charge on any atom is 0.240 e. The molecule has 1 saturated carbocycles. The van der Waals surface area contributed by atoms with Crippen LogP contribution in [0, 0.1) is 11.8 Å². The third-order valence-corrected chi connectivity index (χ3v) is 5.71. The number of hydrogen-bond acceptors (Lipinski definition) is 3. The van der Waals surface area contributed by atoms with Crippen molar-refractivity contribution in [2.24, 2.45) is 11.8 Å². The first-order valence-corrected chi connectivity index (χ1v) is 9.06. The molecule has 2 rings (SSSR count). The maximum absolute atomic E-state index is 12.4. The standard InChI is InChI=1S/C16H25NO3S/c1-11-8-12(2)10-15(9-11)17-21(19,20)16-6-4-14(5-7-16)13(3)18/h4-7,11-13,15,17-18H,8-10H2,1-3H3. The normalized spacial score (nSPS) is 28.3. The van der Waals surface area contributed by atoms with Crippen LogP contribution in [-0.2, 0) is 10.0 Å². The van der Waals surface area contributed by atoms with Crippen molar-refractivity contribution in [2.75, 3.05) is 0 Å². The van der Waals surface area contributed by atoms with E-state index in [1.165, 1.54) is 6.42 Å². The molecule has 0 aliphatic heterocycles. The molecule has 1 aromatic carbocycles. The Morgan fingerprint density at radius 3 is 2.10 bits per heavy atom. The average Bonchev–Trinajstić information content (AvgIpc) is 2.37. The van der Waals surface area contributed by atoms with Crippen LogP contribution in [0.2, 0.25) is 0 Å². The van der Waals surface area contributed by atoms with E-state index in [4.69, 9.17) is 0 Å². The smallest absolute Gasteiger partial charge is 0.240 e. The molecule has 0 heterocycles. The van der Waals surface area contributed by atoms with Crippen LogP contribution in [-0.4, -0.2) is 19.6 Å². The van der Waals surface area contributed by atoms with E-state index in [1.54, 1.807) is 31.2 Å². The Bertz CT molecular complexity index is 556. The van der Waals surface area contributed by atoms with Crippen molar-refractivity contribution >= 4 is 10.0 Å². The second-order valence-corrected chi connectivity index (χ2v) is 8.19. The number of hydrogen-bond donors (Lipinski definition) is 2. The Morgan fingerprint density at radius 1 is 1.10 bits per heavy atom. The van der Waals surface area contributed by atoms with Gasteiger partial charge in [0, 0.05) is 6.04 Å². The zero-order valence-electron chi connectivity index (χ0n) is 12.9. The molecule has 0 aromatic heterocycles. The lowest BCUT2D eigenvalue weighted by Gasteiger charge is -2.31. The van der Waals surface area contributed by atoms with E-state index < -0.39 is 16.1 Å². The van der Waals surface area contributed by atoms with Gasteiger partial charge in [-0.05, 0) is 55.7 Å². The Kier molecular flexibility index (Phi) is 5.07. The monoisotopic (exact) mass is 311 g/mol. The number of rotatable bonds is 4. The van der Waals surface area contributed by atoms with Gasteiger partial charge in [0.1, 0.15) is 0 Å². The Morgan fingerprint density at radius 2 is 1.62 bits per heavy atom. The Hall–Kier alpha value is -0.910. The Balaban J connectivity index is 2.10. The molecule has 3 atom stereocenters. The second kappa shape index (κ2) is 6.46. The lowest BCUT2D eigenvalue weighted by Crippen LogP contribution is -2.39. The van der Waals surface area contributed by atoms with Gasteiger partial charge in [-0.1, -0.05) is 26.0 Å². The molecule has 1 aliphatic carbocycles. The highest BCUT2D eigenvalue weighted by Gasteiger charge is 2.27. The highest BCUT2D eigenvalue weighted by Crippen LogP contribution is 2.29. The molecule has 0 amide bonds. The quantitative estimate of drug-likeness (QED) is 0.898. The van der Waals surface area contributed by atoms with E-state index in [9.17, 15) is 13.5 Å². The summed E-state index contributed by atoms with van der Waals surface area (Å²) in [6.45, 7) is 6.01. The summed E-state index contributed by atoms with van der Waals surface area (Å²) >= 11 is 0. The van der Waals surface area contributed by atoms with E-state index >= 15 is 0 Å². The van der Waals surface area contributed by atoms with Crippen LogP contribution in [0.3, 0.4) is 0 Å². The van der Waals surface area contributed by atoms with Gasteiger partial charge in [0.05, 0.1) is 11.0 Å². The topological polar surface area (TPSA) is 66.4 Å². The number of nitrogens with one attached hydrogen (secondary N) is 1. The summed E-state index contributed by atoms with van der Waals surface area (Å²) in [5.41, 5.74) is 0.717. The molecule has 1 fully saturated rings. The highest BCUT2D eigenvalue weighted by molar-refractivity contribution is 7.89. The molecular weight excluding hydrogens is 286 g/mol. The molecule has 0 spiro atoms. The van der Waals surface area contributed by atoms with Crippen LogP contribution >= 0.6 is 0 Å². The summed E-state index contributed by atoms with van der Waals surface area (Å²) in [7, 11) is -3.48. The largest absolute Gasteiger partial charge is 0.389 e. The average molecular weight is 311 g/mol. The summed E-state index contributed by atoms with van der Waals surface area (Å²) in [4.78, 5) is 0.262. The summed E-state index contributed by atoms with van der Waals surface area (Å²) in [6.07, 6.45) is 2.38. The van der Waals surface area contributed by atoms with Crippen LogP contribution in [0.1, 0.15) is 51.7 Å². The molecule has 118 valence electrons. The van der Waals surface area contributed by atoms with Crippen molar-refractivity contribution in [3.8, 4) is 0 Å². The molecular formula is C16H25NO3S. The maximum atomic E-state index is 12.4. The van der Waals surface area contributed by atoms with Gasteiger partial charge in [-0.15, -0.1) is 0 Å². The number of benzene rings is 1. The predicted octanol–water partition coefficient (Wildman–Crippen LogP) is 2.84. The fourth-order valence-electron chi connectivity index (χ4n) is 3.26. The summed E-state index contributed by atoms with van der Waals surface area (Å²) in [5.74, 6) is 1.11. The lowest BCUT2D eigenvalue weighted by atomic mass is 9.81. The molecule has 1 aromatic rings. The number of aliphatic hydroxyl groups is 1.